The number of nitrogens with zero attached hydrogens (tertiary/aromatic N) is 1. The molecule has 0 aliphatic heterocycles. The Labute approximate surface area is 307 Å². The predicted molar refractivity (Wildman–Crippen MR) is 198 cm³/mol. The van der Waals surface area contributed by atoms with Crippen molar-refractivity contribution in [1.29, 1.82) is 0 Å². The monoisotopic (exact) mass is 735 g/mol. The second kappa shape index (κ2) is 19.0. The Morgan fingerprint density at radius 3 is 2.02 bits per heavy atom. The molecule has 52 heavy (non-hydrogen) atoms. The van der Waals surface area contributed by atoms with Gasteiger partial charge in [0.05, 0.1) is 47.8 Å². The van der Waals surface area contributed by atoms with Gasteiger partial charge >= 0.3 is 11.9 Å². The van der Waals surface area contributed by atoms with Crippen LogP contribution in [0.4, 0.5) is 0 Å². The highest BCUT2D eigenvalue weighted by Gasteiger charge is 2.29. The quantitative estimate of drug-likeness (QED) is 0.160. The summed E-state index contributed by atoms with van der Waals surface area (Å²) in [5.41, 5.74) is -0.322. The highest BCUT2D eigenvalue weighted by molar-refractivity contribution is 7.88. The summed E-state index contributed by atoms with van der Waals surface area (Å²) in [7, 11) is -0.0420. The van der Waals surface area contributed by atoms with Gasteiger partial charge in [-0.2, -0.15) is 0 Å². The van der Waals surface area contributed by atoms with Gasteiger partial charge in [-0.1, -0.05) is 48.5 Å². The van der Waals surface area contributed by atoms with E-state index in [1.807, 2.05) is 30.3 Å². The maximum atomic E-state index is 13.6. The van der Waals surface area contributed by atoms with E-state index in [0.717, 1.165) is 5.39 Å². The molecule has 4 N–H and O–H groups in total. The van der Waals surface area contributed by atoms with E-state index in [4.69, 9.17) is 9.47 Å². The summed E-state index contributed by atoms with van der Waals surface area (Å²) >= 11 is 0. The van der Waals surface area contributed by atoms with Crippen LogP contribution in [0.1, 0.15) is 60.1 Å². The fourth-order valence-corrected chi connectivity index (χ4v) is 5.78. The summed E-state index contributed by atoms with van der Waals surface area (Å²) in [6.45, 7) is 9.79. The fourth-order valence-electron chi connectivity index (χ4n) is 4.87. The SMILES string of the molecule is CN[C@@H](CC(=O)OC(C)(C)C)C(=O)NC(Cc1ccc2ccccc2n1)C(=O)NCC(=O)NC(/C=C/S(=O)c1ccccc1)CC(=O)OC(C)(C)C. The fraction of sp³-hybridized carbons (Fsp3) is 0.421. The van der Waals surface area contributed by atoms with Crippen LogP contribution >= 0.6 is 0 Å². The number of amides is 3. The highest BCUT2D eigenvalue weighted by Crippen LogP contribution is 2.15. The van der Waals surface area contributed by atoms with Crippen LogP contribution in [-0.4, -0.2) is 81.8 Å². The Hall–Kier alpha value is -4.95. The molecule has 13 nitrogen and oxygen atoms in total. The summed E-state index contributed by atoms with van der Waals surface area (Å²) in [4.78, 5) is 70.4. The number of ether oxygens (including phenoxy) is 2. The molecule has 0 spiro atoms. The first-order valence-corrected chi connectivity index (χ1v) is 18.1. The topological polar surface area (TPSA) is 182 Å². The smallest absolute Gasteiger partial charge is 0.308 e. The zero-order chi connectivity index (χ0) is 38.5. The first-order valence-electron chi connectivity index (χ1n) is 16.9. The van der Waals surface area contributed by atoms with Crippen LogP contribution in [0.2, 0.25) is 0 Å². The molecule has 0 saturated heterocycles. The third kappa shape index (κ3) is 14.7. The molecule has 280 valence electrons. The van der Waals surface area contributed by atoms with Crippen molar-refractivity contribution in [3.05, 3.63) is 83.9 Å². The van der Waals surface area contributed by atoms with Crippen molar-refractivity contribution >= 4 is 51.4 Å². The summed E-state index contributed by atoms with van der Waals surface area (Å²) in [6.07, 6.45) is 0.882. The van der Waals surface area contributed by atoms with Crippen molar-refractivity contribution in [2.75, 3.05) is 13.6 Å². The Morgan fingerprint density at radius 1 is 0.769 bits per heavy atom. The minimum atomic E-state index is -1.55. The molecular weight excluding hydrogens is 687 g/mol. The number of carbonyl (C=O) groups is 5. The van der Waals surface area contributed by atoms with Gasteiger partial charge in [0.2, 0.25) is 17.7 Å². The lowest BCUT2D eigenvalue weighted by Crippen LogP contribution is -2.55. The second-order valence-corrected chi connectivity index (χ2v) is 15.4. The lowest BCUT2D eigenvalue weighted by molar-refractivity contribution is -0.157. The number of rotatable bonds is 16. The third-order valence-electron chi connectivity index (χ3n) is 7.14. The van der Waals surface area contributed by atoms with Crippen LogP contribution in [0.15, 0.2) is 83.1 Å². The second-order valence-electron chi connectivity index (χ2n) is 14.0. The molecule has 0 fully saturated rings. The average molecular weight is 736 g/mol. The van der Waals surface area contributed by atoms with Crippen molar-refractivity contribution < 1.29 is 37.7 Å². The number of aromatic nitrogens is 1. The standard InChI is InChI=1S/C38H49N5O8S/c1-37(2,3)50-33(45)22-27(19-20-52(49)28-14-9-8-10-15-28)42-32(44)24-40-35(47)31(21-26-18-17-25-13-11-12-16-29(25)41-26)43-36(48)30(39-7)23-34(46)51-38(4,5)6/h8-20,27,30-31,39H,21-24H2,1-7H3,(H,40,47)(H,42,44)(H,43,48)/b20-19+/t27?,30-,31?,52?/m0/s1. The van der Waals surface area contributed by atoms with Gasteiger partial charge in [0.1, 0.15) is 17.2 Å². The molecule has 0 aliphatic carbocycles. The van der Waals surface area contributed by atoms with Gasteiger partial charge < -0.3 is 30.7 Å². The molecule has 3 aromatic rings. The number of nitrogens with one attached hydrogen (secondary N) is 4. The van der Waals surface area contributed by atoms with Crippen LogP contribution in [0.25, 0.3) is 10.9 Å². The molecule has 0 saturated carbocycles. The van der Waals surface area contributed by atoms with E-state index in [9.17, 15) is 28.2 Å². The number of esters is 2. The van der Waals surface area contributed by atoms with Gasteiger partial charge in [0.15, 0.2) is 0 Å². The first kappa shape index (κ1) is 41.5. The van der Waals surface area contributed by atoms with Gasteiger partial charge in [0.25, 0.3) is 0 Å². The molecular formula is C38H49N5O8S. The van der Waals surface area contributed by atoms with E-state index in [0.29, 0.717) is 16.1 Å². The van der Waals surface area contributed by atoms with Crippen LogP contribution in [0, 0.1) is 0 Å². The Bertz CT molecular complexity index is 1770. The summed E-state index contributed by atoms with van der Waals surface area (Å²) in [5, 5.41) is 13.0. The molecule has 2 aromatic carbocycles. The number of pyridine rings is 1. The number of likely N-dealkylation sites (N-methyl/N-ethyl adjacent to an activating group) is 1. The Balaban J connectivity index is 1.76. The van der Waals surface area contributed by atoms with E-state index in [-0.39, 0.29) is 19.3 Å². The Kier molecular flexibility index (Phi) is 15.2. The average Bonchev–Trinajstić information content (AvgIpc) is 3.06. The van der Waals surface area contributed by atoms with Crippen molar-refractivity contribution in [1.82, 2.24) is 26.3 Å². The van der Waals surface area contributed by atoms with E-state index in [1.165, 1.54) is 18.5 Å². The van der Waals surface area contributed by atoms with Crippen molar-refractivity contribution in [2.24, 2.45) is 0 Å². The molecule has 1 aromatic heterocycles. The molecule has 3 amide bonds. The highest BCUT2D eigenvalue weighted by atomic mass is 32.2. The molecule has 3 rings (SSSR count). The molecule has 0 radical (unpaired) electrons. The zero-order valence-corrected chi connectivity index (χ0v) is 31.5. The van der Waals surface area contributed by atoms with Crippen LogP contribution < -0.4 is 21.3 Å². The van der Waals surface area contributed by atoms with Crippen LogP contribution in [-0.2, 0) is 50.7 Å². The molecule has 0 bridgehead atoms. The third-order valence-corrected chi connectivity index (χ3v) is 8.29. The number of para-hydroxylation sites is 1. The number of hydrogen-bond acceptors (Lipinski definition) is 10. The minimum Gasteiger partial charge on any atom is -0.460 e. The van der Waals surface area contributed by atoms with Gasteiger partial charge in [-0.25, -0.2) is 4.21 Å². The van der Waals surface area contributed by atoms with E-state index in [1.54, 1.807) is 77.9 Å². The predicted octanol–water partition coefficient (Wildman–Crippen LogP) is 3.24. The molecule has 4 atom stereocenters. The Morgan fingerprint density at radius 2 is 1.38 bits per heavy atom. The number of benzene rings is 2. The van der Waals surface area contributed by atoms with Gasteiger partial charge in [-0.05, 0) is 72.9 Å². The maximum Gasteiger partial charge on any atom is 0.308 e. The summed E-state index contributed by atoms with van der Waals surface area (Å²) in [5.74, 6) is -3.15. The summed E-state index contributed by atoms with van der Waals surface area (Å²) in [6, 6.07) is 16.6. The van der Waals surface area contributed by atoms with Crippen LogP contribution in [0.3, 0.4) is 0 Å². The van der Waals surface area contributed by atoms with Gasteiger partial charge in [-0.3, -0.25) is 29.0 Å². The zero-order valence-electron chi connectivity index (χ0n) is 30.7. The van der Waals surface area contributed by atoms with E-state index < -0.39 is 76.3 Å². The lowest BCUT2D eigenvalue weighted by atomic mass is 10.1. The first-order chi connectivity index (χ1) is 24.4. The van der Waals surface area contributed by atoms with Crippen molar-refractivity contribution in [3.63, 3.8) is 0 Å². The minimum absolute atomic E-state index is 0.0256. The van der Waals surface area contributed by atoms with Crippen molar-refractivity contribution in [3.8, 4) is 0 Å². The van der Waals surface area contributed by atoms with Gasteiger partial charge in [0, 0.05) is 27.8 Å². The largest absolute Gasteiger partial charge is 0.460 e. The van der Waals surface area contributed by atoms with Gasteiger partial charge in [-0.15, -0.1) is 0 Å². The van der Waals surface area contributed by atoms with E-state index >= 15 is 0 Å². The lowest BCUT2D eigenvalue weighted by Gasteiger charge is -2.24. The normalized spacial score (nSPS) is 14.1. The molecule has 3 unspecified atom stereocenters. The summed E-state index contributed by atoms with van der Waals surface area (Å²) < 4.78 is 23.6. The molecule has 0 aliphatic rings. The number of carbonyl (C=O) groups excluding carboxylic acids is 5. The maximum absolute atomic E-state index is 13.6. The van der Waals surface area contributed by atoms with E-state index in [2.05, 4.69) is 26.3 Å². The molecule has 14 heteroatoms. The van der Waals surface area contributed by atoms with Crippen LogP contribution in [0.5, 0.6) is 0 Å². The van der Waals surface area contributed by atoms with Crippen molar-refractivity contribution in [2.45, 2.75) is 95.0 Å². The molecule has 1 heterocycles. The number of fused-ring (bicyclic) bond motifs is 1. The number of hydrogen-bond donors (Lipinski definition) is 4.